The molecule has 160 valence electrons. The van der Waals surface area contributed by atoms with Crippen LogP contribution in [0.3, 0.4) is 0 Å². The number of rotatable bonds is 8. The highest BCUT2D eigenvalue weighted by molar-refractivity contribution is 6.01. The van der Waals surface area contributed by atoms with E-state index in [-0.39, 0.29) is 12.1 Å². The second-order valence-corrected chi connectivity index (χ2v) is 7.63. The molecule has 0 fully saturated rings. The number of ether oxygens (including phenoxy) is 2. The Labute approximate surface area is 183 Å². The lowest BCUT2D eigenvalue weighted by molar-refractivity contribution is 0.0680. The van der Waals surface area contributed by atoms with Crippen molar-refractivity contribution in [3.05, 3.63) is 89.5 Å². The molecule has 0 spiro atoms. The molecule has 1 atom stereocenters. The van der Waals surface area contributed by atoms with Crippen LogP contribution in [0, 0.1) is 0 Å². The largest absolute Gasteiger partial charge is 0.493 e. The van der Waals surface area contributed by atoms with Crippen LogP contribution in [-0.4, -0.2) is 24.5 Å². The van der Waals surface area contributed by atoms with Crippen molar-refractivity contribution in [3.8, 4) is 11.5 Å². The Morgan fingerprint density at radius 1 is 0.968 bits per heavy atom. The fourth-order valence-corrected chi connectivity index (χ4v) is 3.82. The Morgan fingerprint density at radius 2 is 1.74 bits per heavy atom. The molecule has 4 rings (SSSR count). The maximum absolute atomic E-state index is 13.2. The van der Waals surface area contributed by atoms with Crippen LogP contribution in [0.1, 0.15) is 47.4 Å². The lowest BCUT2D eigenvalue weighted by Gasteiger charge is -2.38. The number of carbonyl (C=O) groups is 1. The highest BCUT2D eigenvalue weighted by atomic mass is 16.5. The molecule has 0 saturated carbocycles. The minimum Gasteiger partial charge on any atom is -0.493 e. The van der Waals surface area contributed by atoms with Crippen LogP contribution in [-0.2, 0) is 6.61 Å². The highest BCUT2D eigenvalue weighted by Crippen LogP contribution is 2.37. The van der Waals surface area contributed by atoms with Crippen molar-refractivity contribution in [3.63, 3.8) is 0 Å². The predicted octanol–water partition coefficient (Wildman–Crippen LogP) is 5.64. The number of benzene rings is 3. The van der Waals surface area contributed by atoms with Crippen LogP contribution < -0.4 is 14.8 Å². The van der Waals surface area contributed by atoms with Crippen molar-refractivity contribution >= 4 is 11.6 Å². The lowest BCUT2D eigenvalue weighted by Crippen LogP contribution is -2.43. The van der Waals surface area contributed by atoms with Crippen molar-refractivity contribution < 1.29 is 14.3 Å². The predicted molar refractivity (Wildman–Crippen MR) is 123 cm³/mol. The molecule has 0 saturated heterocycles. The van der Waals surface area contributed by atoms with Gasteiger partial charge in [0.1, 0.15) is 12.8 Å². The molecule has 1 aliphatic heterocycles. The summed E-state index contributed by atoms with van der Waals surface area (Å²) in [7, 11) is 1.64. The van der Waals surface area contributed by atoms with Gasteiger partial charge in [-0.3, -0.25) is 4.79 Å². The summed E-state index contributed by atoms with van der Waals surface area (Å²) in [5.74, 6) is 1.38. The molecule has 1 N–H and O–H groups in total. The number of amides is 1. The monoisotopic (exact) mass is 416 g/mol. The first-order valence-corrected chi connectivity index (χ1v) is 10.7. The van der Waals surface area contributed by atoms with Gasteiger partial charge in [0.15, 0.2) is 11.5 Å². The van der Waals surface area contributed by atoms with Crippen LogP contribution in [0.2, 0.25) is 0 Å². The third-order valence-corrected chi connectivity index (χ3v) is 5.52. The summed E-state index contributed by atoms with van der Waals surface area (Å²) in [6, 6.07) is 23.6. The van der Waals surface area contributed by atoms with Gasteiger partial charge in [0.2, 0.25) is 0 Å². The van der Waals surface area contributed by atoms with Gasteiger partial charge in [0, 0.05) is 12.2 Å². The van der Waals surface area contributed by atoms with E-state index in [1.165, 1.54) is 0 Å². The van der Waals surface area contributed by atoms with Gasteiger partial charge in [-0.2, -0.15) is 0 Å². The van der Waals surface area contributed by atoms with Gasteiger partial charge in [-0.15, -0.1) is 0 Å². The summed E-state index contributed by atoms with van der Waals surface area (Å²) in [6.07, 6.45) is 1.71. The zero-order valence-corrected chi connectivity index (χ0v) is 18.0. The smallest absolute Gasteiger partial charge is 0.257 e. The summed E-state index contributed by atoms with van der Waals surface area (Å²) < 4.78 is 11.6. The topological polar surface area (TPSA) is 50.8 Å². The number of nitrogens with one attached hydrogen (secondary N) is 1. The van der Waals surface area contributed by atoms with Crippen LogP contribution in [0.15, 0.2) is 72.8 Å². The lowest BCUT2D eigenvalue weighted by atomic mass is 10.0. The molecular weight excluding hydrogens is 388 g/mol. The first kappa shape index (κ1) is 20.8. The molecule has 0 aliphatic carbocycles. The third kappa shape index (κ3) is 4.50. The first-order chi connectivity index (χ1) is 15.2. The number of fused-ring (bicyclic) bond motifs is 1. The Balaban J connectivity index is 1.61. The normalized spacial score (nSPS) is 15.2. The maximum atomic E-state index is 13.2. The zero-order chi connectivity index (χ0) is 21.6. The minimum atomic E-state index is -0.258. The number of hydrogen-bond donors (Lipinski definition) is 1. The Morgan fingerprint density at radius 3 is 2.52 bits per heavy atom. The molecule has 0 bridgehead atoms. The molecule has 0 aromatic heterocycles. The van der Waals surface area contributed by atoms with Gasteiger partial charge in [0.25, 0.3) is 5.91 Å². The molecule has 31 heavy (non-hydrogen) atoms. The van der Waals surface area contributed by atoms with E-state index in [9.17, 15) is 4.79 Å². The maximum Gasteiger partial charge on any atom is 0.257 e. The third-order valence-electron chi connectivity index (χ3n) is 5.52. The number of nitrogens with zero attached hydrogens (tertiary/aromatic N) is 1. The van der Waals surface area contributed by atoms with E-state index in [0.717, 1.165) is 29.7 Å². The van der Waals surface area contributed by atoms with Crippen molar-refractivity contribution in [2.24, 2.45) is 0 Å². The quantitative estimate of drug-likeness (QED) is 0.516. The van der Waals surface area contributed by atoms with Gasteiger partial charge < -0.3 is 19.7 Å². The Bertz CT molecular complexity index is 1040. The fraction of sp³-hybridized carbons (Fsp3) is 0.269. The Hall–Kier alpha value is -3.47. The fourth-order valence-electron chi connectivity index (χ4n) is 3.82. The van der Waals surface area contributed by atoms with Gasteiger partial charge in [0.05, 0.1) is 12.7 Å². The zero-order valence-electron chi connectivity index (χ0n) is 18.0. The minimum absolute atomic E-state index is 0.0520. The summed E-state index contributed by atoms with van der Waals surface area (Å²) in [5, 5.41) is 3.54. The molecular formula is C26H28N2O3. The number of methoxy groups -OCH3 is 1. The van der Waals surface area contributed by atoms with Crippen LogP contribution in [0.25, 0.3) is 0 Å². The van der Waals surface area contributed by atoms with Gasteiger partial charge >= 0.3 is 0 Å². The SMILES string of the molecule is CCCCN1C(=O)c2ccccc2NC1c1ccc(OCc2ccccc2)c(OC)c1. The number of para-hydroxylation sites is 1. The number of hydrogen-bond acceptors (Lipinski definition) is 4. The van der Waals surface area contributed by atoms with Crippen molar-refractivity contribution in [1.82, 2.24) is 4.90 Å². The molecule has 1 heterocycles. The van der Waals surface area contributed by atoms with E-state index in [0.29, 0.717) is 30.2 Å². The van der Waals surface area contributed by atoms with E-state index in [4.69, 9.17) is 9.47 Å². The molecule has 1 unspecified atom stereocenters. The average molecular weight is 417 g/mol. The molecule has 5 heteroatoms. The standard InChI is InChI=1S/C26H28N2O3/c1-3-4-16-28-25(27-22-13-9-8-12-21(22)26(28)29)20-14-15-23(24(17-20)30-2)31-18-19-10-6-5-7-11-19/h5-15,17,25,27H,3-4,16,18H2,1-2H3. The van der Waals surface area contributed by atoms with Crippen LogP contribution >= 0.6 is 0 Å². The molecule has 3 aromatic rings. The van der Waals surface area contributed by atoms with Crippen molar-refractivity contribution in [2.45, 2.75) is 32.5 Å². The van der Waals surface area contributed by atoms with E-state index in [1.807, 2.05) is 77.7 Å². The summed E-state index contributed by atoms with van der Waals surface area (Å²) in [4.78, 5) is 15.1. The van der Waals surface area contributed by atoms with E-state index in [2.05, 4.69) is 12.2 Å². The molecule has 5 nitrogen and oxygen atoms in total. The molecule has 1 amide bonds. The first-order valence-electron chi connectivity index (χ1n) is 10.7. The van der Waals surface area contributed by atoms with Gasteiger partial charge in [-0.05, 0) is 41.8 Å². The van der Waals surface area contributed by atoms with E-state index < -0.39 is 0 Å². The van der Waals surface area contributed by atoms with Crippen molar-refractivity contribution in [2.75, 3.05) is 19.0 Å². The summed E-state index contributed by atoms with van der Waals surface area (Å²) in [6.45, 7) is 3.29. The highest BCUT2D eigenvalue weighted by Gasteiger charge is 2.32. The second-order valence-electron chi connectivity index (χ2n) is 7.63. The van der Waals surface area contributed by atoms with Crippen LogP contribution in [0.5, 0.6) is 11.5 Å². The van der Waals surface area contributed by atoms with Gasteiger partial charge in [-0.1, -0.05) is 61.9 Å². The number of anilines is 1. The van der Waals surface area contributed by atoms with E-state index in [1.54, 1.807) is 7.11 Å². The molecule has 0 radical (unpaired) electrons. The number of carbonyl (C=O) groups excluding carboxylic acids is 1. The van der Waals surface area contributed by atoms with Crippen LogP contribution in [0.4, 0.5) is 5.69 Å². The molecule has 3 aromatic carbocycles. The molecule has 1 aliphatic rings. The van der Waals surface area contributed by atoms with E-state index >= 15 is 0 Å². The number of unbranched alkanes of at least 4 members (excludes halogenated alkanes) is 1. The summed E-state index contributed by atoms with van der Waals surface area (Å²) in [5.41, 5.74) is 3.62. The summed E-state index contributed by atoms with van der Waals surface area (Å²) >= 11 is 0. The second kappa shape index (κ2) is 9.56. The average Bonchev–Trinajstić information content (AvgIpc) is 2.82. The van der Waals surface area contributed by atoms with Gasteiger partial charge in [-0.25, -0.2) is 0 Å². The van der Waals surface area contributed by atoms with Crippen molar-refractivity contribution in [1.29, 1.82) is 0 Å². The Kier molecular flexibility index (Phi) is 6.41.